The van der Waals surface area contributed by atoms with Crippen molar-refractivity contribution in [1.82, 2.24) is 19.7 Å². The molecule has 0 bridgehead atoms. The summed E-state index contributed by atoms with van der Waals surface area (Å²) in [5.41, 5.74) is 5.00. The van der Waals surface area contributed by atoms with E-state index in [9.17, 15) is 10.1 Å². The third-order valence-electron chi connectivity index (χ3n) is 9.17. The van der Waals surface area contributed by atoms with Gasteiger partial charge in [0.05, 0.1) is 28.7 Å². The van der Waals surface area contributed by atoms with E-state index in [0.29, 0.717) is 36.4 Å². The summed E-state index contributed by atoms with van der Waals surface area (Å²) in [6.45, 7) is 17.8. The van der Waals surface area contributed by atoms with Gasteiger partial charge < -0.3 is 24.1 Å². The first-order valence-corrected chi connectivity index (χ1v) is 17.8. The predicted octanol–water partition coefficient (Wildman–Crippen LogP) is 5.52. The van der Waals surface area contributed by atoms with Gasteiger partial charge in [-0.1, -0.05) is 27.7 Å². The molecule has 2 aromatic heterocycles. The molecule has 0 spiro atoms. The van der Waals surface area contributed by atoms with Crippen LogP contribution >= 0.6 is 0 Å². The zero-order chi connectivity index (χ0) is 31.0. The summed E-state index contributed by atoms with van der Waals surface area (Å²) in [5.74, 6) is 0.450. The first kappa shape index (κ1) is 30.9. The maximum absolute atomic E-state index is 11.6. The molecule has 1 N–H and O–H groups in total. The average Bonchev–Trinajstić information content (AvgIpc) is 3.48. The van der Waals surface area contributed by atoms with Gasteiger partial charge in [-0.2, -0.15) is 10.4 Å². The highest BCUT2D eigenvalue weighted by molar-refractivity contribution is 6.74. The number of fused-ring (bicyclic) bond motifs is 1. The summed E-state index contributed by atoms with van der Waals surface area (Å²) >= 11 is 0. The lowest BCUT2D eigenvalue weighted by Crippen LogP contribution is -2.46. The van der Waals surface area contributed by atoms with Gasteiger partial charge in [0.15, 0.2) is 8.32 Å². The molecule has 2 aliphatic heterocycles. The van der Waals surface area contributed by atoms with Gasteiger partial charge in [0, 0.05) is 55.4 Å². The Labute approximate surface area is 256 Å². The Bertz CT molecular complexity index is 1540. The number of nitriles is 1. The number of aromatic nitrogens is 4. The topological polar surface area (TPSA) is 118 Å². The van der Waals surface area contributed by atoms with Crippen molar-refractivity contribution >= 4 is 39.2 Å². The van der Waals surface area contributed by atoms with Crippen LogP contribution in [0.2, 0.25) is 18.1 Å². The smallest absolute Gasteiger partial charge is 0.329 e. The molecule has 4 heterocycles. The highest BCUT2D eigenvalue weighted by Crippen LogP contribution is 2.46. The van der Waals surface area contributed by atoms with Crippen LogP contribution in [0.1, 0.15) is 63.4 Å². The van der Waals surface area contributed by atoms with E-state index in [0.717, 1.165) is 60.4 Å². The van der Waals surface area contributed by atoms with E-state index in [1.807, 2.05) is 34.7 Å². The molecule has 1 aromatic carbocycles. The Balaban J connectivity index is 1.47. The SMILES string of the molecule is Cc1nn(C2CCOCC2)cc1Nc1nccc(-c2cc(C#N)c3c(c2)[C@@](C)(CO[Si](C)(C)C(C)(C)C)CN3[B]C=O)n1. The largest absolute Gasteiger partial charge is 0.416 e. The summed E-state index contributed by atoms with van der Waals surface area (Å²) in [5, 5.41) is 18.3. The van der Waals surface area contributed by atoms with Gasteiger partial charge in [0.25, 0.3) is 0 Å². The lowest BCUT2D eigenvalue weighted by Gasteiger charge is -2.39. The molecule has 2 aliphatic rings. The van der Waals surface area contributed by atoms with Crippen LogP contribution in [-0.4, -0.2) is 68.0 Å². The first-order chi connectivity index (χ1) is 20.3. The molecule has 1 saturated heterocycles. The van der Waals surface area contributed by atoms with Crippen molar-refractivity contribution in [2.45, 2.75) is 77.0 Å². The zero-order valence-corrected chi connectivity index (χ0v) is 27.3. The van der Waals surface area contributed by atoms with Crippen molar-refractivity contribution in [2.24, 2.45) is 0 Å². The molecular weight excluding hydrogens is 557 g/mol. The van der Waals surface area contributed by atoms with Crippen LogP contribution in [-0.2, 0) is 19.4 Å². The molecule has 12 heteroatoms. The van der Waals surface area contributed by atoms with Crippen LogP contribution in [0.25, 0.3) is 11.3 Å². The normalized spacial score (nSPS) is 19.2. The maximum Gasteiger partial charge on any atom is 0.329 e. The number of hydrogen-bond donors (Lipinski definition) is 1. The van der Waals surface area contributed by atoms with E-state index in [2.05, 4.69) is 63.2 Å². The molecular formula is C31H41BN7O3Si. The minimum Gasteiger partial charge on any atom is -0.416 e. The Morgan fingerprint density at radius 1 is 1.30 bits per heavy atom. The lowest BCUT2D eigenvalue weighted by molar-refractivity contribution is 0.0662. The van der Waals surface area contributed by atoms with Crippen molar-refractivity contribution in [1.29, 1.82) is 5.26 Å². The van der Waals surface area contributed by atoms with Crippen molar-refractivity contribution in [3.63, 3.8) is 0 Å². The van der Waals surface area contributed by atoms with Gasteiger partial charge in [0.2, 0.25) is 5.95 Å². The number of nitrogens with zero attached hydrogens (tertiary/aromatic N) is 6. The Morgan fingerprint density at radius 2 is 2.05 bits per heavy atom. The first-order valence-electron chi connectivity index (χ1n) is 14.9. The number of nitrogens with one attached hydrogen (secondary N) is 1. The van der Waals surface area contributed by atoms with Crippen LogP contribution in [0.3, 0.4) is 0 Å². The highest BCUT2D eigenvalue weighted by atomic mass is 28.4. The van der Waals surface area contributed by atoms with Gasteiger partial charge in [-0.15, -0.1) is 0 Å². The fourth-order valence-corrected chi connectivity index (χ4v) is 6.61. The second kappa shape index (κ2) is 11.9. The molecule has 1 atom stereocenters. The van der Waals surface area contributed by atoms with Gasteiger partial charge >= 0.3 is 7.41 Å². The second-order valence-electron chi connectivity index (χ2n) is 13.4. The second-order valence-corrected chi connectivity index (χ2v) is 18.2. The number of aryl methyl sites for hydroxylation is 1. The van der Waals surface area contributed by atoms with Crippen LogP contribution < -0.4 is 10.1 Å². The number of carbonyl (C=O) groups excluding carboxylic acids is 1. The number of ether oxygens (including phenoxy) is 1. The van der Waals surface area contributed by atoms with Crippen molar-refractivity contribution < 1.29 is 14.0 Å². The van der Waals surface area contributed by atoms with Crippen LogP contribution in [0.15, 0.2) is 30.6 Å². The molecule has 0 saturated carbocycles. The van der Waals surface area contributed by atoms with Gasteiger partial charge in [0.1, 0.15) is 12.3 Å². The van der Waals surface area contributed by atoms with Crippen molar-refractivity contribution in [2.75, 3.05) is 36.5 Å². The zero-order valence-electron chi connectivity index (χ0n) is 26.3. The molecule has 0 aliphatic carbocycles. The summed E-state index contributed by atoms with van der Waals surface area (Å²) in [6.07, 6.45) is 6.38. The standard InChI is InChI=1S/C31H41BN7O3Si/c1-21-27(17-39(37-21)24-9-12-41-13-10-24)36-29-34-11-8-26(35-29)22-14-23(16-33)28-25(15-22)31(5,18-38(28)32-20-40)19-42-43(6,7)30(2,3)4/h8,11,14-15,17,20,24H,9-10,12-13,18-19H2,1-7H3,(H,34,35,36)/t31-/m1/s1. The van der Waals surface area contributed by atoms with Gasteiger partial charge in [-0.3, -0.25) is 4.68 Å². The summed E-state index contributed by atoms with van der Waals surface area (Å²) < 4.78 is 14.2. The molecule has 3 aromatic rings. The molecule has 225 valence electrons. The predicted molar refractivity (Wildman–Crippen MR) is 172 cm³/mol. The molecule has 1 radical (unpaired) electrons. The number of carbonyl (C=O) groups is 1. The number of hydrogen-bond acceptors (Lipinski definition) is 9. The molecule has 5 rings (SSSR count). The molecule has 0 amide bonds. The maximum atomic E-state index is 11.6. The van der Waals surface area contributed by atoms with Crippen LogP contribution in [0, 0.1) is 18.3 Å². The molecule has 0 unspecified atom stereocenters. The number of anilines is 3. The summed E-state index contributed by atoms with van der Waals surface area (Å²) in [7, 11) is -0.538. The highest BCUT2D eigenvalue weighted by Gasteiger charge is 2.44. The third kappa shape index (κ3) is 6.25. The number of rotatable bonds is 9. The molecule has 43 heavy (non-hydrogen) atoms. The number of benzene rings is 1. The van der Waals surface area contributed by atoms with E-state index in [1.54, 1.807) is 6.20 Å². The minimum absolute atomic E-state index is 0.0586. The average molecular weight is 599 g/mol. The summed E-state index contributed by atoms with van der Waals surface area (Å²) in [4.78, 5) is 22.8. The van der Waals surface area contributed by atoms with E-state index in [1.165, 1.54) is 7.41 Å². The molecule has 1 fully saturated rings. The fourth-order valence-electron chi connectivity index (χ4n) is 5.50. The van der Waals surface area contributed by atoms with Crippen LogP contribution in [0.4, 0.5) is 17.3 Å². The van der Waals surface area contributed by atoms with Crippen LogP contribution in [0.5, 0.6) is 0 Å². The lowest BCUT2D eigenvalue weighted by atomic mass is 9.83. The fraction of sp³-hybridized carbons (Fsp3) is 0.516. The van der Waals surface area contributed by atoms with E-state index >= 15 is 0 Å². The minimum atomic E-state index is -2.04. The van der Waals surface area contributed by atoms with Gasteiger partial charge in [-0.25, -0.2) is 9.97 Å². The Hall–Kier alpha value is -3.53. The molecule has 10 nitrogen and oxygen atoms in total. The summed E-state index contributed by atoms with van der Waals surface area (Å²) in [6, 6.07) is 8.46. The van der Waals surface area contributed by atoms with E-state index in [4.69, 9.17) is 19.2 Å². The third-order valence-corrected chi connectivity index (χ3v) is 13.6. The Morgan fingerprint density at radius 3 is 2.72 bits per heavy atom. The van der Waals surface area contributed by atoms with Crippen molar-refractivity contribution in [3.05, 3.63) is 47.4 Å². The quantitative estimate of drug-likeness (QED) is 0.251. The monoisotopic (exact) mass is 598 g/mol. The van der Waals surface area contributed by atoms with E-state index < -0.39 is 13.7 Å². The Kier molecular flexibility index (Phi) is 8.53. The van der Waals surface area contributed by atoms with Crippen molar-refractivity contribution in [3.8, 4) is 17.3 Å². The van der Waals surface area contributed by atoms with E-state index in [-0.39, 0.29) is 5.04 Å². The van der Waals surface area contributed by atoms with Gasteiger partial charge in [-0.05, 0) is 61.7 Å².